The van der Waals surface area contributed by atoms with Gasteiger partial charge in [0.05, 0.1) is 22.9 Å². The normalized spacial score (nSPS) is 11.1. The predicted octanol–water partition coefficient (Wildman–Crippen LogP) is 3.57. The Morgan fingerprint density at radius 3 is 2.75 bits per heavy atom. The molecule has 2 aromatic carbocycles. The SMILES string of the molecule is Cn1ncc(NCCc2nc3ccc(F)cc3n2-c2ccccc2)c(Cl)c1=O. The van der Waals surface area contributed by atoms with Crippen molar-refractivity contribution < 1.29 is 4.39 Å². The van der Waals surface area contributed by atoms with Crippen LogP contribution in [0.1, 0.15) is 5.82 Å². The molecule has 4 aromatic rings. The Labute approximate surface area is 165 Å². The maximum absolute atomic E-state index is 13.8. The first-order valence-corrected chi connectivity index (χ1v) is 9.10. The van der Waals surface area contributed by atoms with Crippen molar-refractivity contribution in [2.24, 2.45) is 7.05 Å². The highest BCUT2D eigenvalue weighted by molar-refractivity contribution is 6.32. The zero-order chi connectivity index (χ0) is 19.7. The standard InChI is InChI=1S/C20H17ClFN5O/c1-26-20(28)19(21)16(12-24-26)23-10-9-18-25-15-8-7-13(22)11-17(15)27(18)14-5-3-2-4-6-14/h2-8,11-12,23H,9-10H2,1H3. The Hall–Kier alpha value is -3.19. The summed E-state index contributed by atoms with van der Waals surface area (Å²) in [5, 5.41) is 7.19. The zero-order valence-electron chi connectivity index (χ0n) is 15.1. The Bertz CT molecular complexity index is 1200. The zero-order valence-corrected chi connectivity index (χ0v) is 15.8. The van der Waals surface area contributed by atoms with Crippen LogP contribution in [0.25, 0.3) is 16.7 Å². The van der Waals surface area contributed by atoms with E-state index in [1.807, 2.05) is 34.9 Å². The molecule has 8 heteroatoms. The summed E-state index contributed by atoms with van der Waals surface area (Å²) in [4.78, 5) is 16.5. The van der Waals surface area contributed by atoms with Crippen LogP contribution in [-0.2, 0) is 13.5 Å². The molecule has 142 valence electrons. The molecule has 0 unspecified atom stereocenters. The van der Waals surface area contributed by atoms with Crippen LogP contribution in [0.5, 0.6) is 0 Å². The van der Waals surface area contributed by atoms with Crippen molar-refractivity contribution in [3.63, 3.8) is 0 Å². The van der Waals surface area contributed by atoms with E-state index in [1.54, 1.807) is 13.1 Å². The van der Waals surface area contributed by atoms with Crippen molar-refractivity contribution in [3.8, 4) is 5.69 Å². The van der Waals surface area contributed by atoms with Gasteiger partial charge in [-0.05, 0) is 24.3 Å². The summed E-state index contributed by atoms with van der Waals surface area (Å²) in [5.41, 5.74) is 2.43. The molecule has 2 heterocycles. The number of imidazole rings is 1. The molecule has 6 nitrogen and oxygen atoms in total. The molecule has 0 saturated heterocycles. The van der Waals surface area contributed by atoms with E-state index in [9.17, 15) is 9.18 Å². The lowest BCUT2D eigenvalue weighted by atomic mass is 10.2. The van der Waals surface area contributed by atoms with Crippen LogP contribution in [0.4, 0.5) is 10.1 Å². The Balaban J connectivity index is 1.66. The summed E-state index contributed by atoms with van der Waals surface area (Å²) >= 11 is 6.09. The molecule has 4 rings (SSSR count). The minimum Gasteiger partial charge on any atom is -0.382 e. The highest BCUT2D eigenvalue weighted by Crippen LogP contribution is 2.23. The number of hydrogen-bond acceptors (Lipinski definition) is 4. The van der Waals surface area contributed by atoms with Gasteiger partial charge in [-0.25, -0.2) is 14.1 Å². The number of aryl methyl sites for hydroxylation is 1. The van der Waals surface area contributed by atoms with Crippen LogP contribution in [0.3, 0.4) is 0 Å². The van der Waals surface area contributed by atoms with Crippen LogP contribution in [-0.4, -0.2) is 25.9 Å². The number of rotatable bonds is 5. The Morgan fingerprint density at radius 2 is 1.96 bits per heavy atom. The molecule has 0 atom stereocenters. The largest absolute Gasteiger partial charge is 0.382 e. The van der Waals surface area contributed by atoms with Crippen LogP contribution in [0.15, 0.2) is 59.5 Å². The third-order valence-electron chi connectivity index (χ3n) is 4.44. The van der Waals surface area contributed by atoms with Gasteiger partial charge >= 0.3 is 0 Å². The number of fused-ring (bicyclic) bond motifs is 1. The summed E-state index contributed by atoms with van der Waals surface area (Å²) in [7, 11) is 1.54. The highest BCUT2D eigenvalue weighted by Gasteiger charge is 2.14. The molecule has 2 aromatic heterocycles. The van der Waals surface area contributed by atoms with Gasteiger partial charge in [-0.2, -0.15) is 5.10 Å². The Morgan fingerprint density at radius 1 is 1.18 bits per heavy atom. The van der Waals surface area contributed by atoms with E-state index in [1.165, 1.54) is 23.0 Å². The van der Waals surface area contributed by atoms with Crippen molar-refractivity contribution in [1.82, 2.24) is 19.3 Å². The van der Waals surface area contributed by atoms with Gasteiger partial charge in [0.1, 0.15) is 16.7 Å². The second-order valence-corrected chi connectivity index (χ2v) is 6.69. The average molecular weight is 398 g/mol. The topological polar surface area (TPSA) is 64.7 Å². The van der Waals surface area contributed by atoms with Gasteiger partial charge in [-0.1, -0.05) is 29.8 Å². The monoisotopic (exact) mass is 397 g/mol. The fourth-order valence-corrected chi connectivity index (χ4v) is 3.31. The van der Waals surface area contributed by atoms with Crippen molar-refractivity contribution in [2.75, 3.05) is 11.9 Å². The maximum Gasteiger partial charge on any atom is 0.287 e. The fraction of sp³-hybridized carbons (Fsp3) is 0.150. The number of halogens is 2. The molecule has 0 aliphatic rings. The average Bonchev–Trinajstić information content (AvgIpc) is 3.06. The third kappa shape index (κ3) is 3.36. The minimum absolute atomic E-state index is 0.0936. The minimum atomic E-state index is -0.362. The number of anilines is 1. The summed E-state index contributed by atoms with van der Waals surface area (Å²) in [6.45, 7) is 0.479. The van der Waals surface area contributed by atoms with Crippen molar-refractivity contribution in [1.29, 1.82) is 0 Å². The first-order valence-electron chi connectivity index (χ1n) is 8.72. The van der Waals surface area contributed by atoms with E-state index in [-0.39, 0.29) is 16.4 Å². The predicted molar refractivity (Wildman–Crippen MR) is 108 cm³/mol. The molecule has 0 amide bonds. The molecule has 0 aliphatic carbocycles. The van der Waals surface area contributed by atoms with Gasteiger partial charge in [0.15, 0.2) is 0 Å². The van der Waals surface area contributed by atoms with E-state index in [0.717, 1.165) is 11.5 Å². The number of hydrogen-bond donors (Lipinski definition) is 1. The first-order chi connectivity index (χ1) is 13.5. The van der Waals surface area contributed by atoms with E-state index >= 15 is 0 Å². The second-order valence-electron chi connectivity index (χ2n) is 6.31. The second kappa shape index (κ2) is 7.44. The smallest absolute Gasteiger partial charge is 0.287 e. The molecule has 0 aliphatic heterocycles. The van der Waals surface area contributed by atoms with Crippen LogP contribution >= 0.6 is 11.6 Å². The lowest BCUT2D eigenvalue weighted by molar-refractivity contribution is 0.629. The molecule has 0 radical (unpaired) electrons. The van der Waals surface area contributed by atoms with Crippen LogP contribution in [0, 0.1) is 5.82 Å². The highest BCUT2D eigenvalue weighted by atomic mass is 35.5. The lowest BCUT2D eigenvalue weighted by Gasteiger charge is -2.11. The van der Waals surface area contributed by atoms with Gasteiger partial charge in [0.25, 0.3) is 5.56 Å². The number of para-hydroxylation sites is 1. The quantitative estimate of drug-likeness (QED) is 0.559. The van der Waals surface area contributed by atoms with Crippen molar-refractivity contribution in [2.45, 2.75) is 6.42 Å². The molecule has 0 saturated carbocycles. The van der Waals surface area contributed by atoms with Gasteiger partial charge < -0.3 is 5.32 Å². The summed E-state index contributed by atoms with van der Waals surface area (Å²) in [6.07, 6.45) is 2.05. The molecular weight excluding hydrogens is 381 g/mol. The van der Waals surface area contributed by atoms with Gasteiger partial charge in [-0.15, -0.1) is 0 Å². The Kier molecular flexibility index (Phi) is 4.83. The summed E-state index contributed by atoms with van der Waals surface area (Å²) < 4.78 is 16.9. The van der Waals surface area contributed by atoms with E-state index in [4.69, 9.17) is 11.6 Å². The first kappa shape index (κ1) is 18.2. The summed E-state index contributed by atoms with van der Waals surface area (Å²) in [6, 6.07) is 14.2. The number of nitrogens with zero attached hydrogens (tertiary/aromatic N) is 4. The molecule has 0 fully saturated rings. The van der Waals surface area contributed by atoms with Crippen molar-refractivity contribution in [3.05, 3.63) is 81.7 Å². The fourth-order valence-electron chi connectivity index (χ4n) is 3.07. The van der Waals surface area contributed by atoms with Crippen molar-refractivity contribution >= 4 is 28.3 Å². The molecule has 0 spiro atoms. The number of aromatic nitrogens is 4. The number of nitrogens with one attached hydrogen (secondary N) is 1. The molecular formula is C20H17ClFN5O. The van der Waals surface area contributed by atoms with Crippen LogP contribution < -0.4 is 10.9 Å². The van der Waals surface area contributed by atoms with E-state index in [2.05, 4.69) is 15.4 Å². The van der Waals surface area contributed by atoms with E-state index in [0.29, 0.717) is 29.7 Å². The third-order valence-corrected chi connectivity index (χ3v) is 4.81. The van der Waals surface area contributed by atoms with E-state index < -0.39 is 0 Å². The molecule has 0 bridgehead atoms. The molecule has 1 N–H and O–H groups in total. The van der Waals surface area contributed by atoms with Crippen LogP contribution in [0.2, 0.25) is 5.02 Å². The number of benzene rings is 2. The van der Waals surface area contributed by atoms with Gasteiger partial charge in [0.2, 0.25) is 0 Å². The van der Waals surface area contributed by atoms with Gasteiger partial charge in [0, 0.05) is 31.8 Å². The van der Waals surface area contributed by atoms with Gasteiger partial charge in [-0.3, -0.25) is 9.36 Å². The maximum atomic E-state index is 13.8. The molecule has 28 heavy (non-hydrogen) atoms. The summed E-state index contributed by atoms with van der Waals surface area (Å²) in [5.74, 6) is 0.458. The lowest BCUT2D eigenvalue weighted by Crippen LogP contribution is -2.21.